The molecule has 9 heteroatoms. The average Bonchev–Trinajstić information content (AvgIpc) is 2.69. The van der Waals surface area contributed by atoms with E-state index in [2.05, 4.69) is 10.3 Å². The zero-order chi connectivity index (χ0) is 20.1. The molecule has 2 heterocycles. The standard InChI is InChI=1S/C19H25FN4O3S/c1-23(2)14-16-4-3-15(11-18(16)20)12-21-19-6-5-17(13-22-19)28(25,26)24-7-9-27-10-8-24/h3-6,11,13H,7-10,12,14H2,1-2H3,(H,21,22). The predicted molar refractivity (Wildman–Crippen MR) is 105 cm³/mol. The summed E-state index contributed by atoms with van der Waals surface area (Å²) in [5.41, 5.74) is 1.43. The van der Waals surface area contributed by atoms with Gasteiger partial charge in [0, 0.05) is 37.9 Å². The average molecular weight is 408 g/mol. The van der Waals surface area contributed by atoms with Gasteiger partial charge in [0.15, 0.2) is 0 Å². The molecule has 0 spiro atoms. The Hall–Kier alpha value is -2.07. The maximum atomic E-state index is 14.1. The van der Waals surface area contributed by atoms with Crippen LogP contribution in [0.1, 0.15) is 11.1 Å². The number of halogens is 1. The highest BCUT2D eigenvalue weighted by molar-refractivity contribution is 7.89. The van der Waals surface area contributed by atoms with E-state index in [0.29, 0.717) is 50.8 Å². The molecule has 152 valence electrons. The summed E-state index contributed by atoms with van der Waals surface area (Å²) in [5, 5.41) is 3.09. The fourth-order valence-corrected chi connectivity index (χ4v) is 4.29. The van der Waals surface area contributed by atoms with Crippen molar-refractivity contribution < 1.29 is 17.5 Å². The van der Waals surface area contributed by atoms with Crippen molar-refractivity contribution in [1.29, 1.82) is 0 Å². The lowest BCUT2D eigenvalue weighted by Crippen LogP contribution is -2.40. The Labute approximate surface area is 165 Å². The molecule has 28 heavy (non-hydrogen) atoms. The first kappa shape index (κ1) is 20.7. The number of benzene rings is 1. The smallest absolute Gasteiger partial charge is 0.244 e. The normalized spacial score (nSPS) is 15.7. The van der Waals surface area contributed by atoms with Crippen LogP contribution in [-0.2, 0) is 27.8 Å². The fourth-order valence-electron chi connectivity index (χ4n) is 2.94. The lowest BCUT2D eigenvalue weighted by atomic mass is 10.1. The molecule has 3 rings (SSSR count). The second-order valence-corrected chi connectivity index (χ2v) is 8.85. The van der Waals surface area contributed by atoms with Crippen LogP contribution in [0.3, 0.4) is 0 Å². The number of anilines is 1. The van der Waals surface area contributed by atoms with Crippen LogP contribution in [0.25, 0.3) is 0 Å². The zero-order valence-corrected chi connectivity index (χ0v) is 16.9. The Bertz CT molecular complexity index is 898. The molecule has 0 unspecified atom stereocenters. The summed E-state index contributed by atoms with van der Waals surface area (Å²) in [7, 11) is 0.228. The minimum atomic E-state index is -3.56. The van der Waals surface area contributed by atoms with E-state index in [9.17, 15) is 12.8 Å². The molecular weight excluding hydrogens is 383 g/mol. The van der Waals surface area contributed by atoms with Crippen molar-refractivity contribution in [2.45, 2.75) is 18.0 Å². The van der Waals surface area contributed by atoms with Crippen LogP contribution in [0, 0.1) is 5.82 Å². The van der Waals surface area contributed by atoms with Crippen molar-refractivity contribution >= 4 is 15.8 Å². The second kappa shape index (κ2) is 8.95. The number of morpholine rings is 1. The topological polar surface area (TPSA) is 74.8 Å². The molecule has 0 radical (unpaired) electrons. The van der Waals surface area contributed by atoms with Crippen molar-refractivity contribution in [1.82, 2.24) is 14.2 Å². The van der Waals surface area contributed by atoms with Crippen molar-refractivity contribution in [3.63, 3.8) is 0 Å². The van der Waals surface area contributed by atoms with Gasteiger partial charge in [-0.2, -0.15) is 4.31 Å². The molecule has 0 amide bonds. The van der Waals surface area contributed by atoms with Crippen molar-refractivity contribution in [3.05, 3.63) is 53.5 Å². The highest BCUT2D eigenvalue weighted by Crippen LogP contribution is 2.18. The Morgan fingerprint density at radius 1 is 1.21 bits per heavy atom. The summed E-state index contributed by atoms with van der Waals surface area (Å²) >= 11 is 0. The summed E-state index contributed by atoms with van der Waals surface area (Å²) in [5.74, 6) is 0.284. The molecule has 1 aliphatic heterocycles. The van der Waals surface area contributed by atoms with Crippen molar-refractivity contribution in [2.24, 2.45) is 0 Å². The Kier molecular flexibility index (Phi) is 6.61. The van der Waals surface area contributed by atoms with E-state index >= 15 is 0 Å². The number of ether oxygens (including phenoxy) is 1. The largest absolute Gasteiger partial charge is 0.379 e. The van der Waals surface area contributed by atoms with Crippen LogP contribution < -0.4 is 5.32 Å². The maximum absolute atomic E-state index is 14.1. The van der Waals surface area contributed by atoms with Gasteiger partial charge in [0.1, 0.15) is 16.5 Å². The molecule has 7 nitrogen and oxygen atoms in total. The van der Waals surface area contributed by atoms with Gasteiger partial charge in [0.05, 0.1) is 13.2 Å². The lowest BCUT2D eigenvalue weighted by Gasteiger charge is -2.25. The first-order valence-corrected chi connectivity index (χ1v) is 10.5. The molecule has 1 aliphatic rings. The minimum Gasteiger partial charge on any atom is -0.379 e. The Morgan fingerprint density at radius 3 is 2.57 bits per heavy atom. The summed E-state index contributed by atoms with van der Waals surface area (Å²) in [6.45, 7) is 2.42. The van der Waals surface area contributed by atoms with Gasteiger partial charge >= 0.3 is 0 Å². The van der Waals surface area contributed by atoms with E-state index in [0.717, 1.165) is 5.56 Å². The molecule has 0 bridgehead atoms. The minimum absolute atomic E-state index is 0.152. The van der Waals surface area contributed by atoms with E-state index in [4.69, 9.17) is 4.74 Å². The van der Waals surface area contributed by atoms with Gasteiger partial charge in [-0.15, -0.1) is 0 Å². The van der Waals surface area contributed by atoms with Gasteiger partial charge < -0.3 is 15.0 Å². The lowest BCUT2D eigenvalue weighted by molar-refractivity contribution is 0.0730. The third kappa shape index (κ3) is 5.05. The summed E-state index contributed by atoms with van der Waals surface area (Å²) < 4.78 is 45.9. The maximum Gasteiger partial charge on any atom is 0.244 e. The van der Waals surface area contributed by atoms with Crippen molar-refractivity contribution in [3.8, 4) is 0 Å². The molecule has 1 aromatic carbocycles. The molecule has 1 aromatic heterocycles. The van der Waals surface area contributed by atoms with Crippen LogP contribution in [0.4, 0.5) is 10.2 Å². The van der Waals surface area contributed by atoms with E-state index < -0.39 is 10.0 Å². The number of sulfonamides is 1. The summed E-state index contributed by atoms with van der Waals surface area (Å²) in [6.07, 6.45) is 1.34. The molecule has 1 N–H and O–H groups in total. The quantitative estimate of drug-likeness (QED) is 0.755. The van der Waals surface area contributed by atoms with Crippen LogP contribution >= 0.6 is 0 Å². The monoisotopic (exact) mass is 408 g/mol. The SMILES string of the molecule is CN(C)Cc1ccc(CNc2ccc(S(=O)(=O)N3CCOCC3)cn2)cc1F. The molecular formula is C19H25FN4O3S. The summed E-state index contributed by atoms with van der Waals surface area (Å²) in [6, 6.07) is 8.29. The van der Waals surface area contributed by atoms with Crippen LogP contribution in [0.5, 0.6) is 0 Å². The van der Waals surface area contributed by atoms with E-state index in [1.165, 1.54) is 22.6 Å². The Morgan fingerprint density at radius 2 is 1.96 bits per heavy atom. The van der Waals surface area contributed by atoms with Gasteiger partial charge in [-0.1, -0.05) is 12.1 Å². The third-order valence-electron chi connectivity index (χ3n) is 4.42. The number of hydrogen-bond donors (Lipinski definition) is 1. The third-order valence-corrected chi connectivity index (χ3v) is 6.30. The number of pyridine rings is 1. The van der Waals surface area contributed by atoms with Gasteiger partial charge in [-0.05, 0) is 37.9 Å². The van der Waals surface area contributed by atoms with Gasteiger partial charge in [0.25, 0.3) is 0 Å². The van der Waals surface area contributed by atoms with E-state index in [1.54, 1.807) is 12.1 Å². The molecule has 0 atom stereocenters. The van der Waals surface area contributed by atoms with Crippen LogP contribution in [0.15, 0.2) is 41.4 Å². The first-order valence-electron chi connectivity index (χ1n) is 9.06. The van der Waals surface area contributed by atoms with Gasteiger partial charge in [0.2, 0.25) is 10.0 Å². The Balaban J connectivity index is 1.62. The number of nitrogens with zero attached hydrogens (tertiary/aromatic N) is 3. The zero-order valence-electron chi connectivity index (χ0n) is 16.1. The molecule has 1 fully saturated rings. The highest BCUT2D eigenvalue weighted by atomic mass is 32.2. The molecule has 0 aliphatic carbocycles. The van der Waals surface area contributed by atoms with Gasteiger partial charge in [-0.3, -0.25) is 0 Å². The van der Waals surface area contributed by atoms with Crippen LogP contribution in [-0.4, -0.2) is 63.0 Å². The highest BCUT2D eigenvalue weighted by Gasteiger charge is 2.26. The molecule has 0 saturated carbocycles. The summed E-state index contributed by atoms with van der Waals surface area (Å²) in [4.78, 5) is 6.25. The number of nitrogens with one attached hydrogen (secondary N) is 1. The number of rotatable bonds is 7. The number of hydrogen-bond acceptors (Lipinski definition) is 6. The first-order chi connectivity index (χ1) is 13.4. The predicted octanol–water partition coefficient (Wildman–Crippen LogP) is 1.92. The fraction of sp³-hybridized carbons (Fsp3) is 0.421. The van der Waals surface area contributed by atoms with Crippen molar-refractivity contribution in [2.75, 3.05) is 45.7 Å². The molecule has 2 aromatic rings. The van der Waals surface area contributed by atoms with Crippen LogP contribution in [0.2, 0.25) is 0 Å². The number of aromatic nitrogens is 1. The second-order valence-electron chi connectivity index (χ2n) is 6.91. The van der Waals surface area contributed by atoms with E-state index in [-0.39, 0.29) is 10.7 Å². The van der Waals surface area contributed by atoms with E-state index in [1.807, 2.05) is 25.1 Å². The molecule has 1 saturated heterocycles. The van der Waals surface area contributed by atoms with Gasteiger partial charge in [-0.25, -0.2) is 17.8 Å².